The minimum absolute atomic E-state index is 0.105. The molecule has 2 aromatic rings. The summed E-state index contributed by atoms with van der Waals surface area (Å²) in [5, 5.41) is 23.3. The number of aromatic nitrogens is 2. The van der Waals surface area contributed by atoms with Crippen molar-refractivity contribution in [3.8, 4) is 0 Å². The third kappa shape index (κ3) is 2.25. The van der Waals surface area contributed by atoms with Crippen LogP contribution in [0.1, 0.15) is 12.6 Å². The van der Waals surface area contributed by atoms with Gasteiger partial charge in [0.15, 0.2) is 4.96 Å². The topological polar surface area (TPSA) is 69.8 Å². The van der Waals surface area contributed by atoms with Gasteiger partial charge in [0.05, 0.1) is 24.4 Å². The molecule has 0 saturated carbocycles. The van der Waals surface area contributed by atoms with Gasteiger partial charge in [0.25, 0.3) is 0 Å². The van der Waals surface area contributed by atoms with Crippen LogP contribution in [0.4, 0.5) is 0 Å². The van der Waals surface area contributed by atoms with E-state index in [-0.39, 0.29) is 13.2 Å². The van der Waals surface area contributed by atoms with Gasteiger partial charge in [-0.3, -0.25) is 4.40 Å². The highest BCUT2D eigenvalue weighted by Crippen LogP contribution is 2.12. The first-order chi connectivity index (χ1) is 7.67. The number of aliphatic hydroxyl groups excluding tert-OH is 2. The summed E-state index contributed by atoms with van der Waals surface area (Å²) in [7, 11) is 0. The molecule has 0 saturated heterocycles. The molecule has 88 valence electrons. The predicted octanol–water partition coefficient (Wildman–Crippen LogP) is 0.229. The molecule has 0 spiro atoms. The van der Waals surface area contributed by atoms with Crippen molar-refractivity contribution >= 4 is 16.3 Å². The van der Waals surface area contributed by atoms with E-state index in [1.54, 1.807) is 18.3 Å². The molecule has 0 radical (unpaired) electrons. The van der Waals surface area contributed by atoms with E-state index >= 15 is 0 Å². The van der Waals surface area contributed by atoms with Gasteiger partial charge in [-0.05, 0) is 6.92 Å². The molecule has 5 nitrogen and oxygen atoms in total. The standard InChI is InChI=1S/C10H15N3O2S/c1-10(6-14,7-15)11-4-8-5-13-2-3-16-9(13)12-8/h2-3,5,11,14-15H,4,6-7H2,1H3. The van der Waals surface area contributed by atoms with Crippen LogP contribution in [0.15, 0.2) is 17.8 Å². The lowest BCUT2D eigenvalue weighted by atomic mass is 10.1. The van der Waals surface area contributed by atoms with Crippen molar-refractivity contribution < 1.29 is 10.2 Å². The van der Waals surface area contributed by atoms with E-state index in [0.29, 0.717) is 6.54 Å². The minimum Gasteiger partial charge on any atom is -0.394 e. The number of hydrogen-bond donors (Lipinski definition) is 3. The second kappa shape index (κ2) is 4.50. The molecule has 0 atom stereocenters. The van der Waals surface area contributed by atoms with Gasteiger partial charge < -0.3 is 15.5 Å². The number of nitrogens with one attached hydrogen (secondary N) is 1. The van der Waals surface area contributed by atoms with Gasteiger partial charge >= 0.3 is 0 Å². The molecule has 3 N–H and O–H groups in total. The van der Waals surface area contributed by atoms with Gasteiger partial charge in [-0.1, -0.05) is 0 Å². The molecule has 0 bridgehead atoms. The number of hydrogen-bond acceptors (Lipinski definition) is 5. The van der Waals surface area contributed by atoms with Gasteiger partial charge in [-0.25, -0.2) is 4.98 Å². The number of imidazole rings is 1. The summed E-state index contributed by atoms with van der Waals surface area (Å²) in [6, 6.07) is 0. The lowest BCUT2D eigenvalue weighted by Gasteiger charge is -2.25. The average Bonchev–Trinajstić information content (AvgIpc) is 2.86. The highest BCUT2D eigenvalue weighted by Gasteiger charge is 2.21. The van der Waals surface area contributed by atoms with Crippen LogP contribution in [0.3, 0.4) is 0 Å². The molecular formula is C10H15N3O2S. The second-order valence-electron chi connectivity index (χ2n) is 4.06. The Morgan fingerprint density at radius 1 is 1.50 bits per heavy atom. The predicted molar refractivity (Wildman–Crippen MR) is 62.5 cm³/mol. The van der Waals surface area contributed by atoms with Crippen LogP contribution in [-0.2, 0) is 6.54 Å². The summed E-state index contributed by atoms with van der Waals surface area (Å²) in [5.41, 5.74) is 0.247. The van der Waals surface area contributed by atoms with Crippen LogP contribution >= 0.6 is 11.3 Å². The first-order valence-corrected chi connectivity index (χ1v) is 5.93. The smallest absolute Gasteiger partial charge is 0.193 e. The first-order valence-electron chi connectivity index (χ1n) is 5.05. The number of aliphatic hydroxyl groups is 2. The fourth-order valence-corrected chi connectivity index (χ4v) is 2.05. The van der Waals surface area contributed by atoms with E-state index in [4.69, 9.17) is 10.2 Å². The van der Waals surface area contributed by atoms with Crippen molar-refractivity contribution in [3.05, 3.63) is 23.5 Å². The Labute approximate surface area is 97.4 Å². The Kier molecular flexibility index (Phi) is 3.25. The van der Waals surface area contributed by atoms with Crippen molar-refractivity contribution in [1.82, 2.24) is 14.7 Å². The van der Waals surface area contributed by atoms with Crippen molar-refractivity contribution in [2.45, 2.75) is 19.0 Å². The maximum Gasteiger partial charge on any atom is 0.193 e. The first kappa shape index (κ1) is 11.5. The number of thiazole rings is 1. The van der Waals surface area contributed by atoms with Gasteiger partial charge in [0.1, 0.15) is 0 Å². The van der Waals surface area contributed by atoms with Crippen molar-refractivity contribution in [2.24, 2.45) is 0 Å². The van der Waals surface area contributed by atoms with Gasteiger partial charge in [0, 0.05) is 24.3 Å². The molecule has 0 aliphatic rings. The quantitative estimate of drug-likeness (QED) is 0.701. The number of rotatable bonds is 5. The monoisotopic (exact) mass is 241 g/mol. The van der Waals surface area contributed by atoms with E-state index in [0.717, 1.165) is 10.7 Å². The lowest BCUT2D eigenvalue weighted by molar-refractivity contribution is 0.103. The zero-order valence-corrected chi connectivity index (χ0v) is 9.87. The SMILES string of the molecule is CC(CO)(CO)NCc1cn2ccsc2n1. The fraction of sp³-hybridized carbons (Fsp3) is 0.500. The van der Waals surface area contributed by atoms with Gasteiger partial charge in [-0.15, -0.1) is 11.3 Å². The van der Waals surface area contributed by atoms with E-state index in [1.165, 1.54) is 0 Å². The third-order valence-electron chi connectivity index (χ3n) is 2.54. The molecule has 2 rings (SSSR count). The van der Waals surface area contributed by atoms with Crippen LogP contribution in [0.5, 0.6) is 0 Å². The van der Waals surface area contributed by atoms with Crippen LogP contribution in [0, 0.1) is 0 Å². The normalized spacial score (nSPS) is 12.4. The van der Waals surface area contributed by atoms with E-state index < -0.39 is 5.54 Å². The molecule has 0 amide bonds. The van der Waals surface area contributed by atoms with Gasteiger partial charge in [0.2, 0.25) is 0 Å². The minimum atomic E-state index is -0.656. The molecule has 6 heteroatoms. The summed E-state index contributed by atoms with van der Waals surface area (Å²) in [6.07, 6.45) is 3.89. The van der Waals surface area contributed by atoms with Crippen LogP contribution in [-0.4, -0.2) is 38.4 Å². The molecule has 2 aromatic heterocycles. The van der Waals surface area contributed by atoms with Crippen molar-refractivity contribution in [3.63, 3.8) is 0 Å². The summed E-state index contributed by atoms with van der Waals surface area (Å²) in [5.74, 6) is 0. The molecule has 0 aliphatic heterocycles. The Morgan fingerprint density at radius 2 is 2.25 bits per heavy atom. The molecule has 0 unspecified atom stereocenters. The average molecular weight is 241 g/mol. The van der Waals surface area contributed by atoms with Crippen LogP contribution in [0.2, 0.25) is 0 Å². The third-order valence-corrected chi connectivity index (χ3v) is 3.31. The number of nitrogens with zero attached hydrogens (tertiary/aromatic N) is 2. The number of fused-ring (bicyclic) bond motifs is 1. The van der Waals surface area contributed by atoms with E-state index in [2.05, 4.69) is 10.3 Å². The molecule has 0 aliphatic carbocycles. The van der Waals surface area contributed by atoms with Crippen LogP contribution in [0.25, 0.3) is 4.96 Å². The Hall–Kier alpha value is -0.950. The molecule has 0 aromatic carbocycles. The summed E-state index contributed by atoms with van der Waals surface area (Å²) in [4.78, 5) is 5.35. The molecule has 16 heavy (non-hydrogen) atoms. The molecular weight excluding hydrogens is 226 g/mol. The largest absolute Gasteiger partial charge is 0.394 e. The molecule has 0 fully saturated rings. The van der Waals surface area contributed by atoms with E-state index in [9.17, 15) is 0 Å². The Bertz CT molecular complexity index is 433. The second-order valence-corrected chi connectivity index (χ2v) is 4.93. The fourth-order valence-electron chi connectivity index (χ4n) is 1.33. The summed E-state index contributed by atoms with van der Waals surface area (Å²) >= 11 is 1.58. The maximum atomic E-state index is 9.12. The lowest BCUT2D eigenvalue weighted by Crippen LogP contribution is -2.48. The summed E-state index contributed by atoms with van der Waals surface area (Å²) in [6.45, 7) is 2.09. The van der Waals surface area contributed by atoms with Crippen LogP contribution < -0.4 is 5.32 Å². The zero-order valence-electron chi connectivity index (χ0n) is 9.05. The highest BCUT2D eigenvalue weighted by atomic mass is 32.1. The zero-order chi connectivity index (χ0) is 11.6. The van der Waals surface area contributed by atoms with Crippen molar-refractivity contribution in [1.29, 1.82) is 0 Å². The summed E-state index contributed by atoms with van der Waals surface area (Å²) < 4.78 is 1.96. The highest BCUT2D eigenvalue weighted by molar-refractivity contribution is 7.15. The van der Waals surface area contributed by atoms with Crippen molar-refractivity contribution in [2.75, 3.05) is 13.2 Å². The van der Waals surface area contributed by atoms with Gasteiger partial charge in [-0.2, -0.15) is 0 Å². The Balaban J connectivity index is 2.02. The maximum absolute atomic E-state index is 9.12. The Morgan fingerprint density at radius 3 is 2.88 bits per heavy atom. The van der Waals surface area contributed by atoms with E-state index in [1.807, 2.05) is 22.2 Å². The molecule has 2 heterocycles.